The zero-order valence-corrected chi connectivity index (χ0v) is 14.9. The topological polar surface area (TPSA) is 138 Å². The summed E-state index contributed by atoms with van der Waals surface area (Å²) < 4.78 is 22.5. The zero-order valence-electron chi connectivity index (χ0n) is 14.1. The minimum absolute atomic E-state index is 0.0430. The van der Waals surface area contributed by atoms with E-state index in [9.17, 15) is 22.8 Å². The van der Waals surface area contributed by atoms with Gasteiger partial charge in [-0.15, -0.1) is 0 Å². The van der Waals surface area contributed by atoms with Crippen LogP contribution in [-0.4, -0.2) is 67.3 Å². The number of sulfonamides is 1. The number of rotatable bonds is 6. The summed E-state index contributed by atoms with van der Waals surface area (Å²) >= 11 is 0. The molecule has 9 nitrogen and oxygen atoms in total. The fourth-order valence-electron chi connectivity index (χ4n) is 2.68. The lowest BCUT2D eigenvalue weighted by Crippen LogP contribution is -2.50. The van der Waals surface area contributed by atoms with Crippen molar-refractivity contribution in [1.29, 1.82) is 0 Å². The normalized spacial score (nSPS) is 15.0. The first-order chi connectivity index (χ1) is 12.2. The van der Waals surface area contributed by atoms with Gasteiger partial charge in [-0.1, -0.05) is 0 Å². The van der Waals surface area contributed by atoms with Crippen LogP contribution in [0.15, 0.2) is 29.2 Å². The lowest BCUT2D eigenvalue weighted by atomic mass is 10.1. The van der Waals surface area contributed by atoms with Crippen molar-refractivity contribution in [3.05, 3.63) is 29.8 Å². The van der Waals surface area contributed by atoms with E-state index in [0.29, 0.717) is 38.2 Å². The third-order valence-electron chi connectivity index (χ3n) is 4.13. The smallest absolute Gasteiger partial charge is 0.303 e. The molecule has 1 aromatic carbocycles. The Kier molecular flexibility index (Phi) is 6.32. The molecule has 1 heterocycles. The Bertz CT molecular complexity index is 783. The van der Waals surface area contributed by atoms with E-state index < -0.39 is 16.0 Å². The Balaban J connectivity index is 1.88. The van der Waals surface area contributed by atoms with E-state index in [0.717, 1.165) is 0 Å². The van der Waals surface area contributed by atoms with Crippen molar-refractivity contribution in [2.75, 3.05) is 26.2 Å². The van der Waals surface area contributed by atoms with E-state index in [4.69, 9.17) is 10.2 Å². The molecule has 0 bridgehead atoms. The Labute approximate surface area is 151 Å². The summed E-state index contributed by atoms with van der Waals surface area (Å²) in [6.45, 7) is 1.49. The summed E-state index contributed by atoms with van der Waals surface area (Å²) in [5.41, 5.74) is 0.346. The van der Waals surface area contributed by atoms with E-state index in [-0.39, 0.29) is 29.6 Å². The third kappa shape index (κ3) is 5.27. The Morgan fingerprint density at radius 2 is 1.50 bits per heavy atom. The van der Waals surface area contributed by atoms with Gasteiger partial charge in [0.05, 0.1) is 4.90 Å². The minimum Gasteiger partial charge on any atom is -0.481 e. The van der Waals surface area contributed by atoms with Crippen LogP contribution in [0.4, 0.5) is 0 Å². The highest BCUT2D eigenvalue weighted by molar-refractivity contribution is 7.89. The van der Waals surface area contributed by atoms with Gasteiger partial charge in [-0.05, 0) is 30.7 Å². The number of nitrogens with zero attached hydrogens (tertiary/aromatic N) is 2. The summed E-state index contributed by atoms with van der Waals surface area (Å²) in [5, 5.41) is 13.6. The van der Waals surface area contributed by atoms with Crippen LogP contribution in [0.1, 0.15) is 29.6 Å². The van der Waals surface area contributed by atoms with Gasteiger partial charge in [-0.25, -0.2) is 13.6 Å². The molecule has 2 amide bonds. The molecule has 0 aliphatic carbocycles. The molecule has 26 heavy (non-hydrogen) atoms. The van der Waals surface area contributed by atoms with Crippen molar-refractivity contribution >= 4 is 27.8 Å². The van der Waals surface area contributed by atoms with Crippen LogP contribution in [-0.2, 0) is 19.6 Å². The Hall–Kier alpha value is -2.46. The molecule has 10 heteroatoms. The molecule has 1 aliphatic rings. The SMILES string of the molecule is NS(=O)(=O)c1ccc(C(=O)N2CCN(C(=O)CCCC(=O)O)CC2)cc1. The van der Waals surface area contributed by atoms with Gasteiger partial charge in [0, 0.05) is 44.6 Å². The number of hydrogen-bond donors (Lipinski definition) is 2. The van der Waals surface area contributed by atoms with Gasteiger partial charge in [0.1, 0.15) is 0 Å². The second-order valence-corrected chi connectivity index (χ2v) is 7.55. The maximum atomic E-state index is 12.5. The van der Waals surface area contributed by atoms with Crippen molar-refractivity contribution < 1.29 is 27.9 Å². The summed E-state index contributed by atoms with van der Waals surface area (Å²) in [7, 11) is -3.81. The number of aliphatic carboxylic acids is 1. The number of amides is 2. The van der Waals surface area contributed by atoms with Crippen molar-refractivity contribution in [3.8, 4) is 0 Å². The van der Waals surface area contributed by atoms with E-state index in [2.05, 4.69) is 0 Å². The van der Waals surface area contributed by atoms with E-state index >= 15 is 0 Å². The molecule has 0 aromatic heterocycles. The molecule has 0 radical (unpaired) electrons. The first-order valence-corrected chi connectivity index (χ1v) is 9.65. The fourth-order valence-corrected chi connectivity index (χ4v) is 3.19. The van der Waals surface area contributed by atoms with Gasteiger partial charge >= 0.3 is 5.97 Å². The lowest BCUT2D eigenvalue weighted by Gasteiger charge is -2.35. The average Bonchev–Trinajstić information content (AvgIpc) is 2.60. The van der Waals surface area contributed by atoms with Crippen LogP contribution >= 0.6 is 0 Å². The number of carbonyl (C=O) groups is 3. The van der Waals surface area contributed by atoms with Gasteiger partial charge in [0.2, 0.25) is 15.9 Å². The van der Waals surface area contributed by atoms with Gasteiger partial charge in [-0.3, -0.25) is 14.4 Å². The van der Waals surface area contributed by atoms with E-state index in [1.165, 1.54) is 24.3 Å². The predicted molar refractivity (Wildman–Crippen MR) is 91.8 cm³/mol. The maximum Gasteiger partial charge on any atom is 0.303 e. The molecule has 0 saturated carbocycles. The molecule has 1 aliphatic heterocycles. The fraction of sp³-hybridized carbons (Fsp3) is 0.438. The van der Waals surface area contributed by atoms with Crippen LogP contribution < -0.4 is 5.14 Å². The van der Waals surface area contributed by atoms with E-state index in [1.54, 1.807) is 9.80 Å². The first-order valence-electron chi connectivity index (χ1n) is 8.10. The number of hydrogen-bond acceptors (Lipinski definition) is 5. The second-order valence-electron chi connectivity index (χ2n) is 5.99. The summed E-state index contributed by atoms with van der Waals surface area (Å²) in [4.78, 5) is 38.1. The number of benzene rings is 1. The monoisotopic (exact) mass is 383 g/mol. The van der Waals surface area contributed by atoms with Crippen molar-refractivity contribution in [1.82, 2.24) is 9.80 Å². The highest BCUT2D eigenvalue weighted by atomic mass is 32.2. The van der Waals surface area contributed by atoms with Crippen molar-refractivity contribution in [2.45, 2.75) is 24.2 Å². The standard InChI is InChI=1S/C16H21N3O6S/c17-26(24,25)13-6-4-12(5-7-13)16(23)19-10-8-18(9-11-19)14(20)2-1-3-15(21)22/h4-7H,1-3,8-11H2,(H,21,22)(H2,17,24,25). The van der Waals surface area contributed by atoms with Crippen LogP contribution in [0, 0.1) is 0 Å². The molecule has 0 unspecified atom stereocenters. The quantitative estimate of drug-likeness (QED) is 0.702. The Morgan fingerprint density at radius 1 is 0.962 bits per heavy atom. The lowest BCUT2D eigenvalue weighted by molar-refractivity contribution is -0.137. The summed E-state index contributed by atoms with van der Waals surface area (Å²) in [5.74, 6) is -1.29. The molecule has 142 valence electrons. The average molecular weight is 383 g/mol. The largest absolute Gasteiger partial charge is 0.481 e. The third-order valence-corrected chi connectivity index (χ3v) is 5.06. The van der Waals surface area contributed by atoms with Gasteiger partial charge in [0.25, 0.3) is 5.91 Å². The molecule has 0 spiro atoms. The van der Waals surface area contributed by atoms with Crippen LogP contribution in [0.5, 0.6) is 0 Å². The number of carboxylic acid groups (broad SMARTS) is 1. The van der Waals surface area contributed by atoms with Crippen molar-refractivity contribution in [3.63, 3.8) is 0 Å². The molecular weight excluding hydrogens is 362 g/mol. The van der Waals surface area contributed by atoms with Crippen LogP contribution in [0.3, 0.4) is 0 Å². The molecule has 0 atom stereocenters. The molecule has 1 saturated heterocycles. The van der Waals surface area contributed by atoms with Crippen LogP contribution in [0.2, 0.25) is 0 Å². The highest BCUT2D eigenvalue weighted by Gasteiger charge is 2.25. The molecule has 3 N–H and O–H groups in total. The van der Waals surface area contributed by atoms with Crippen LogP contribution in [0.25, 0.3) is 0 Å². The molecule has 1 fully saturated rings. The summed E-state index contributed by atoms with van der Waals surface area (Å²) in [6.07, 6.45) is 0.428. The number of carboxylic acids is 1. The summed E-state index contributed by atoms with van der Waals surface area (Å²) in [6, 6.07) is 5.38. The highest BCUT2D eigenvalue weighted by Crippen LogP contribution is 2.13. The second kappa shape index (κ2) is 8.28. The number of piperazine rings is 1. The van der Waals surface area contributed by atoms with Gasteiger partial charge in [-0.2, -0.15) is 0 Å². The minimum atomic E-state index is -3.81. The van der Waals surface area contributed by atoms with Gasteiger partial charge < -0.3 is 14.9 Å². The molecule has 1 aromatic rings. The van der Waals surface area contributed by atoms with E-state index in [1.807, 2.05) is 0 Å². The number of carbonyl (C=O) groups excluding carboxylic acids is 2. The molecular formula is C16H21N3O6S. The van der Waals surface area contributed by atoms with Crippen molar-refractivity contribution in [2.24, 2.45) is 5.14 Å². The first kappa shape index (κ1) is 19.9. The number of nitrogens with two attached hydrogens (primary N) is 1. The number of primary sulfonamides is 1. The molecule has 2 rings (SSSR count). The Morgan fingerprint density at radius 3 is 2.00 bits per heavy atom. The zero-order chi connectivity index (χ0) is 19.3. The van der Waals surface area contributed by atoms with Gasteiger partial charge in [0.15, 0.2) is 0 Å². The predicted octanol–water partition coefficient (Wildman–Crippen LogP) is -0.127. The maximum absolute atomic E-state index is 12.5.